The Morgan fingerprint density at radius 1 is 1.26 bits per heavy atom. The zero-order valence-corrected chi connectivity index (χ0v) is 16.4. The first-order chi connectivity index (χ1) is 10.7. The van der Waals surface area contributed by atoms with Crippen LogP contribution in [0.4, 0.5) is 5.69 Å². The van der Waals surface area contributed by atoms with Gasteiger partial charge in [-0.2, -0.15) is 0 Å². The molecule has 0 aliphatic carbocycles. The van der Waals surface area contributed by atoms with Crippen LogP contribution < -0.4 is 15.5 Å². The predicted molar refractivity (Wildman–Crippen MR) is 108 cm³/mol. The molecule has 0 spiro atoms. The molecule has 5 nitrogen and oxygen atoms in total. The van der Waals surface area contributed by atoms with Crippen LogP contribution in [-0.2, 0) is 11.3 Å². The summed E-state index contributed by atoms with van der Waals surface area (Å²) in [4.78, 5) is 6.57. The van der Waals surface area contributed by atoms with Crippen LogP contribution in [0, 0.1) is 0 Å². The van der Waals surface area contributed by atoms with Crippen LogP contribution in [0.3, 0.4) is 0 Å². The molecule has 1 aliphatic rings. The molecular formula is C17H27IN4O. The second-order valence-electron chi connectivity index (χ2n) is 5.47. The lowest BCUT2D eigenvalue weighted by molar-refractivity contribution is 0.179. The number of methoxy groups -OCH3 is 1. The highest BCUT2D eigenvalue weighted by Gasteiger charge is 2.07. The maximum absolute atomic E-state index is 5.12. The number of hydrogen-bond donors (Lipinski definition) is 2. The van der Waals surface area contributed by atoms with E-state index in [0.717, 1.165) is 25.6 Å². The van der Waals surface area contributed by atoms with Crippen LogP contribution >= 0.6 is 24.0 Å². The van der Waals surface area contributed by atoms with Gasteiger partial charge >= 0.3 is 0 Å². The Balaban J connectivity index is 0.00000264. The number of aliphatic imine (C=N–C) groups is 1. The summed E-state index contributed by atoms with van der Waals surface area (Å²) in [6.07, 6.45) is 4.40. The summed E-state index contributed by atoms with van der Waals surface area (Å²) in [5.74, 6) is 0.789. The van der Waals surface area contributed by atoms with Crippen LogP contribution in [0.25, 0.3) is 0 Å². The largest absolute Gasteiger partial charge is 0.383 e. The van der Waals surface area contributed by atoms with Gasteiger partial charge in [0.2, 0.25) is 0 Å². The molecule has 1 heterocycles. The van der Waals surface area contributed by atoms with Crippen molar-refractivity contribution in [2.24, 2.45) is 4.99 Å². The Morgan fingerprint density at radius 3 is 2.48 bits per heavy atom. The molecule has 0 radical (unpaired) electrons. The number of nitrogens with zero attached hydrogens (tertiary/aromatic N) is 2. The number of rotatable bonds is 6. The molecule has 6 heteroatoms. The third kappa shape index (κ3) is 6.39. The normalized spacial score (nSPS) is 15.3. The monoisotopic (exact) mass is 430 g/mol. The number of ether oxygens (including phenoxy) is 1. The zero-order chi connectivity index (χ0) is 15.8. The summed E-state index contributed by atoms with van der Waals surface area (Å²) in [6.45, 7) is 5.48. The first kappa shape index (κ1) is 19.8. The van der Waals surface area contributed by atoms with E-state index in [1.54, 1.807) is 14.2 Å². The molecule has 2 N–H and O–H groups in total. The van der Waals surface area contributed by atoms with Crippen LogP contribution in [-0.4, -0.2) is 45.9 Å². The van der Waals surface area contributed by atoms with Gasteiger partial charge < -0.3 is 20.3 Å². The van der Waals surface area contributed by atoms with Gasteiger partial charge in [-0.15, -0.1) is 24.0 Å². The van der Waals surface area contributed by atoms with Gasteiger partial charge in [-0.1, -0.05) is 24.3 Å². The van der Waals surface area contributed by atoms with Gasteiger partial charge in [-0.3, -0.25) is 4.99 Å². The SMILES string of the molecule is CN=C(NCc1ccc(N2CC=CC2)cc1)NC(C)COC.I. The molecule has 1 unspecified atom stereocenters. The van der Waals surface area contributed by atoms with E-state index < -0.39 is 0 Å². The summed E-state index contributed by atoms with van der Waals surface area (Å²) in [5, 5.41) is 6.61. The molecule has 0 amide bonds. The Morgan fingerprint density at radius 2 is 1.91 bits per heavy atom. The smallest absolute Gasteiger partial charge is 0.191 e. The van der Waals surface area contributed by atoms with Crippen molar-refractivity contribution in [2.75, 3.05) is 38.8 Å². The first-order valence-corrected chi connectivity index (χ1v) is 7.68. The number of hydrogen-bond acceptors (Lipinski definition) is 3. The molecule has 2 rings (SSSR count). The molecule has 0 aromatic heterocycles. The van der Waals surface area contributed by atoms with E-state index in [9.17, 15) is 0 Å². The minimum atomic E-state index is 0. The van der Waals surface area contributed by atoms with Crippen molar-refractivity contribution in [3.05, 3.63) is 42.0 Å². The quantitative estimate of drug-likeness (QED) is 0.315. The van der Waals surface area contributed by atoms with Gasteiger partial charge in [0, 0.05) is 45.5 Å². The molecule has 1 aliphatic heterocycles. The summed E-state index contributed by atoms with van der Waals surface area (Å²) >= 11 is 0. The summed E-state index contributed by atoms with van der Waals surface area (Å²) < 4.78 is 5.12. The van der Waals surface area contributed by atoms with Crippen molar-refractivity contribution in [3.63, 3.8) is 0 Å². The van der Waals surface area contributed by atoms with Gasteiger partial charge in [0.1, 0.15) is 0 Å². The lowest BCUT2D eigenvalue weighted by Gasteiger charge is -2.19. The summed E-state index contributed by atoms with van der Waals surface area (Å²) in [6, 6.07) is 8.89. The average molecular weight is 430 g/mol. The maximum atomic E-state index is 5.12. The number of nitrogens with one attached hydrogen (secondary N) is 2. The minimum absolute atomic E-state index is 0. The van der Waals surface area contributed by atoms with Crippen molar-refractivity contribution in [2.45, 2.75) is 19.5 Å². The van der Waals surface area contributed by atoms with E-state index in [1.807, 2.05) is 0 Å². The molecule has 23 heavy (non-hydrogen) atoms. The van der Waals surface area contributed by atoms with Crippen molar-refractivity contribution in [1.29, 1.82) is 0 Å². The maximum Gasteiger partial charge on any atom is 0.191 e. The van der Waals surface area contributed by atoms with Crippen molar-refractivity contribution in [3.8, 4) is 0 Å². The highest BCUT2D eigenvalue weighted by Crippen LogP contribution is 2.17. The second-order valence-corrected chi connectivity index (χ2v) is 5.47. The van der Waals surface area contributed by atoms with Crippen molar-refractivity contribution < 1.29 is 4.74 Å². The van der Waals surface area contributed by atoms with E-state index in [1.165, 1.54) is 11.3 Å². The third-order valence-electron chi connectivity index (χ3n) is 3.60. The highest BCUT2D eigenvalue weighted by atomic mass is 127. The van der Waals surface area contributed by atoms with Gasteiger partial charge in [0.15, 0.2) is 5.96 Å². The lowest BCUT2D eigenvalue weighted by Crippen LogP contribution is -2.43. The molecule has 1 aromatic rings. The Labute approximate surface area is 156 Å². The fourth-order valence-electron chi connectivity index (χ4n) is 2.42. The highest BCUT2D eigenvalue weighted by molar-refractivity contribution is 14.0. The molecule has 0 saturated carbocycles. The number of guanidine groups is 1. The number of halogens is 1. The van der Waals surface area contributed by atoms with E-state index >= 15 is 0 Å². The molecule has 0 saturated heterocycles. The predicted octanol–water partition coefficient (Wildman–Crippen LogP) is 2.38. The Kier molecular flexibility index (Phi) is 9.01. The summed E-state index contributed by atoms with van der Waals surface area (Å²) in [5.41, 5.74) is 2.50. The number of anilines is 1. The lowest BCUT2D eigenvalue weighted by atomic mass is 10.2. The Hall–Kier alpha value is -1.28. The first-order valence-electron chi connectivity index (χ1n) is 7.68. The van der Waals surface area contributed by atoms with Gasteiger partial charge in [-0.25, -0.2) is 0 Å². The van der Waals surface area contributed by atoms with Crippen LogP contribution in [0.15, 0.2) is 41.4 Å². The van der Waals surface area contributed by atoms with Gasteiger partial charge in [0.25, 0.3) is 0 Å². The average Bonchev–Trinajstić information content (AvgIpc) is 3.06. The van der Waals surface area contributed by atoms with Crippen LogP contribution in [0.1, 0.15) is 12.5 Å². The molecule has 1 atom stereocenters. The fourth-order valence-corrected chi connectivity index (χ4v) is 2.42. The van der Waals surface area contributed by atoms with E-state index in [2.05, 4.69) is 63.9 Å². The second kappa shape index (κ2) is 10.5. The molecule has 0 fully saturated rings. The topological polar surface area (TPSA) is 48.9 Å². The molecule has 128 valence electrons. The van der Waals surface area contributed by atoms with E-state index in [4.69, 9.17) is 4.74 Å². The fraction of sp³-hybridized carbons (Fsp3) is 0.471. The van der Waals surface area contributed by atoms with Gasteiger partial charge in [0.05, 0.1) is 6.61 Å². The summed E-state index contributed by atoms with van der Waals surface area (Å²) in [7, 11) is 3.48. The van der Waals surface area contributed by atoms with Crippen LogP contribution in [0.2, 0.25) is 0 Å². The van der Waals surface area contributed by atoms with Gasteiger partial charge in [-0.05, 0) is 24.6 Å². The molecular weight excluding hydrogens is 403 g/mol. The van der Waals surface area contributed by atoms with Crippen molar-refractivity contribution in [1.82, 2.24) is 10.6 Å². The zero-order valence-electron chi connectivity index (χ0n) is 14.1. The number of benzene rings is 1. The van der Waals surface area contributed by atoms with E-state index in [0.29, 0.717) is 6.61 Å². The third-order valence-corrected chi connectivity index (χ3v) is 3.60. The van der Waals surface area contributed by atoms with Crippen molar-refractivity contribution >= 4 is 35.6 Å². The Bertz CT molecular complexity index is 508. The molecule has 0 bridgehead atoms. The standard InChI is InChI=1S/C17H26N4O.HI/c1-14(13-22-3)20-17(18-2)19-12-15-6-8-16(9-7-15)21-10-4-5-11-21;/h4-9,14H,10-13H2,1-3H3,(H2,18,19,20);1H. The van der Waals surface area contributed by atoms with E-state index in [-0.39, 0.29) is 30.0 Å². The molecule has 1 aromatic carbocycles. The minimum Gasteiger partial charge on any atom is -0.383 e. The van der Waals surface area contributed by atoms with Crippen LogP contribution in [0.5, 0.6) is 0 Å².